The van der Waals surface area contributed by atoms with Gasteiger partial charge in [0.05, 0.1) is 5.69 Å². The zero-order chi connectivity index (χ0) is 14.7. The molecule has 2 aromatic rings. The van der Waals surface area contributed by atoms with Gasteiger partial charge in [-0.2, -0.15) is 0 Å². The number of carbonyl (C=O) groups is 1. The maximum atomic E-state index is 11.9. The maximum absolute atomic E-state index is 11.9. The molecule has 3 rings (SSSR count). The van der Waals surface area contributed by atoms with Crippen LogP contribution < -0.4 is 10.6 Å². The van der Waals surface area contributed by atoms with E-state index in [1.165, 1.54) is 24.2 Å². The van der Waals surface area contributed by atoms with Crippen LogP contribution in [0.2, 0.25) is 5.02 Å². The highest BCUT2D eigenvalue weighted by Gasteiger charge is 2.17. The molecule has 1 aromatic carbocycles. The number of anilines is 1. The van der Waals surface area contributed by atoms with Crippen LogP contribution in [-0.4, -0.2) is 17.1 Å². The predicted octanol–water partition coefficient (Wildman–Crippen LogP) is 4.53. The third-order valence-corrected chi connectivity index (χ3v) is 4.56. The van der Waals surface area contributed by atoms with Crippen molar-refractivity contribution in [2.75, 3.05) is 5.32 Å². The number of aromatic nitrogens is 1. The first kappa shape index (κ1) is 14.4. The van der Waals surface area contributed by atoms with Gasteiger partial charge in [0.15, 0.2) is 5.13 Å². The fraction of sp³-hybridized carbons (Fsp3) is 0.333. The molecule has 4 nitrogen and oxygen atoms in total. The van der Waals surface area contributed by atoms with E-state index in [1.54, 1.807) is 0 Å². The first-order valence-corrected chi connectivity index (χ1v) is 8.25. The second kappa shape index (κ2) is 6.45. The number of rotatable bonds is 3. The van der Waals surface area contributed by atoms with Gasteiger partial charge in [-0.3, -0.25) is 5.32 Å². The van der Waals surface area contributed by atoms with Gasteiger partial charge in [0, 0.05) is 22.0 Å². The third kappa shape index (κ3) is 3.74. The number of halogens is 1. The molecular weight excluding hydrogens is 306 g/mol. The smallest absolute Gasteiger partial charge is 0.321 e. The SMILES string of the molecule is O=C(Nc1nc(-c2ccc(Cl)cc2)cs1)NC1CCCC1. The van der Waals surface area contributed by atoms with Crippen LogP contribution in [0.1, 0.15) is 25.7 Å². The van der Waals surface area contributed by atoms with Crippen LogP contribution in [-0.2, 0) is 0 Å². The van der Waals surface area contributed by atoms with E-state index in [0.717, 1.165) is 24.1 Å². The lowest BCUT2D eigenvalue weighted by atomic mass is 10.2. The second-order valence-corrected chi connectivity index (χ2v) is 6.42. The third-order valence-electron chi connectivity index (χ3n) is 3.56. The molecule has 1 saturated carbocycles. The highest BCUT2D eigenvalue weighted by atomic mass is 35.5. The first-order chi connectivity index (χ1) is 10.2. The highest BCUT2D eigenvalue weighted by Crippen LogP contribution is 2.26. The molecule has 1 aliphatic carbocycles. The fourth-order valence-corrected chi connectivity index (χ4v) is 3.31. The van der Waals surface area contributed by atoms with E-state index in [9.17, 15) is 4.79 Å². The van der Waals surface area contributed by atoms with E-state index in [-0.39, 0.29) is 6.03 Å². The maximum Gasteiger partial charge on any atom is 0.321 e. The normalized spacial score (nSPS) is 15.1. The Bertz CT molecular complexity index is 620. The summed E-state index contributed by atoms with van der Waals surface area (Å²) in [5.41, 5.74) is 1.83. The molecule has 0 bridgehead atoms. The van der Waals surface area contributed by atoms with Gasteiger partial charge in [-0.1, -0.05) is 36.6 Å². The van der Waals surface area contributed by atoms with Crippen LogP contribution in [0.4, 0.5) is 9.93 Å². The van der Waals surface area contributed by atoms with E-state index in [1.807, 2.05) is 29.6 Å². The molecular formula is C15H16ClN3OS. The molecule has 1 fully saturated rings. The van der Waals surface area contributed by atoms with E-state index in [0.29, 0.717) is 16.2 Å². The minimum Gasteiger partial charge on any atom is -0.335 e. The van der Waals surface area contributed by atoms with Crippen LogP contribution in [0.25, 0.3) is 11.3 Å². The number of nitrogens with one attached hydrogen (secondary N) is 2. The minimum atomic E-state index is -0.168. The van der Waals surface area contributed by atoms with Gasteiger partial charge < -0.3 is 5.32 Å². The predicted molar refractivity (Wildman–Crippen MR) is 87.0 cm³/mol. The van der Waals surface area contributed by atoms with Crippen LogP contribution in [0.5, 0.6) is 0 Å². The summed E-state index contributed by atoms with van der Waals surface area (Å²) < 4.78 is 0. The molecule has 0 unspecified atom stereocenters. The summed E-state index contributed by atoms with van der Waals surface area (Å²) >= 11 is 7.29. The van der Waals surface area contributed by atoms with Crippen LogP contribution in [0, 0.1) is 0 Å². The van der Waals surface area contributed by atoms with Gasteiger partial charge in [0.2, 0.25) is 0 Å². The van der Waals surface area contributed by atoms with Gasteiger partial charge in [-0.15, -0.1) is 11.3 Å². The lowest BCUT2D eigenvalue weighted by Gasteiger charge is -2.11. The Morgan fingerprint density at radius 3 is 2.67 bits per heavy atom. The standard InChI is InChI=1S/C15H16ClN3OS/c16-11-7-5-10(6-8-11)13-9-21-15(18-13)19-14(20)17-12-3-1-2-4-12/h5-9,12H,1-4H2,(H2,17,18,19,20). The molecule has 0 radical (unpaired) electrons. The van der Waals surface area contributed by atoms with Crippen LogP contribution in [0.15, 0.2) is 29.6 Å². The molecule has 2 N–H and O–H groups in total. The molecule has 110 valence electrons. The summed E-state index contributed by atoms with van der Waals surface area (Å²) in [6.07, 6.45) is 4.54. The minimum absolute atomic E-state index is 0.168. The van der Waals surface area contributed by atoms with Crippen molar-refractivity contribution < 1.29 is 4.79 Å². The second-order valence-electron chi connectivity index (χ2n) is 5.12. The molecule has 0 atom stereocenters. The zero-order valence-electron chi connectivity index (χ0n) is 11.4. The van der Waals surface area contributed by atoms with E-state index in [2.05, 4.69) is 15.6 Å². The van der Waals surface area contributed by atoms with Crippen LogP contribution >= 0.6 is 22.9 Å². The molecule has 0 spiro atoms. The van der Waals surface area contributed by atoms with Crippen molar-refractivity contribution in [1.29, 1.82) is 0 Å². The summed E-state index contributed by atoms with van der Waals surface area (Å²) in [7, 11) is 0. The molecule has 0 saturated heterocycles. The molecule has 6 heteroatoms. The number of nitrogens with zero attached hydrogens (tertiary/aromatic N) is 1. The summed E-state index contributed by atoms with van der Waals surface area (Å²) in [4.78, 5) is 16.3. The van der Waals surface area contributed by atoms with Crippen molar-refractivity contribution in [2.24, 2.45) is 0 Å². The summed E-state index contributed by atoms with van der Waals surface area (Å²) in [5.74, 6) is 0. The molecule has 1 heterocycles. The monoisotopic (exact) mass is 321 g/mol. The number of amides is 2. The number of benzene rings is 1. The average molecular weight is 322 g/mol. The topological polar surface area (TPSA) is 54.0 Å². The number of hydrogen-bond donors (Lipinski definition) is 2. The Morgan fingerprint density at radius 2 is 1.95 bits per heavy atom. The average Bonchev–Trinajstić information content (AvgIpc) is 3.11. The van der Waals surface area contributed by atoms with Gasteiger partial charge in [-0.25, -0.2) is 9.78 Å². The molecule has 2 amide bonds. The first-order valence-electron chi connectivity index (χ1n) is 7.00. The van der Waals surface area contributed by atoms with Crippen molar-refractivity contribution in [3.05, 3.63) is 34.7 Å². The lowest BCUT2D eigenvalue weighted by Crippen LogP contribution is -2.36. The van der Waals surface area contributed by atoms with Gasteiger partial charge in [-0.05, 0) is 25.0 Å². The van der Waals surface area contributed by atoms with Crippen molar-refractivity contribution in [2.45, 2.75) is 31.7 Å². The van der Waals surface area contributed by atoms with E-state index in [4.69, 9.17) is 11.6 Å². The van der Waals surface area contributed by atoms with Gasteiger partial charge in [0.25, 0.3) is 0 Å². The van der Waals surface area contributed by atoms with Crippen molar-refractivity contribution in [1.82, 2.24) is 10.3 Å². The lowest BCUT2D eigenvalue weighted by molar-refractivity contribution is 0.248. The van der Waals surface area contributed by atoms with Crippen molar-refractivity contribution >= 4 is 34.1 Å². The van der Waals surface area contributed by atoms with Gasteiger partial charge in [0.1, 0.15) is 0 Å². The summed E-state index contributed by atoms with van der Waals surface area (Å²) in [6, 6.07) is 7.63. The van der Waals surface area contributed by atoms with E-state index >= 15 is 0 Å². The Balaban J connectivity index is 1.61. The van der Waals surface area contributed by atoms with E-state index < -0.39 is 0 Å². The Labute approximate surface area is 132 Å². The number of urea groups is 1. The number of carbonyl (C=O) groups excluding carboxylic acids is 1. The fourth-order valence-electron chi connectivity index (χ4n) is 2.47. The van der Waals surface area contributed by atoms with Gasteiger partial charge >= 0.3 is 6.03 Å². The molecule has 21 heavy (non-hydrogen) atoms. The Morgan fingerprint density at radius 1 is 1.24 bits per heavy atom. The summed E-state index contributed by atoms with van der Waals surface area (Å²) in [5, 5.41) is 9.01. The number of thiazole rings is 1. The highest BCUT2D eigenvalue weighted by molar-refractivity contribution is 7.14. The molecule has 0 aliphatic heterocycles. The number of hydrogen-bond acceptors (Lipinski definition) is 3. The molecule has 1 aromatic heterocycles. The largest absolute Gasteiger partial charge is 0.335 e. The Hall–Kier alpha value is -1.59. The van der Waals surface area contributed by atoms with Crippen LogP contribution in [0.3, 0.4) is 0 Å². The Kier molecular flexibility index (Phi) is 4.41. The quantitative estimate of drug-likeness (QED) is 0.872. The van der Waals surface area contributed by atoms with Crippen molar-refractivity contribution in [3.8, 4) is 11.3 Å². The molecule has 1 aliphatic rings. The zero-order valence-corrected chi connectivity index (χ0v) is 13.0. The summed E-state index contributed by atoms with van der Waals surface area (Å²) in [6.45, 7) is 0. The van der Waals surface area contributed by atoms with Crippen molar-refractivity contribution in [3.63, 3.8) is 0 Å².